The highest BCUT2D eigenvalue weighted by Gasteiger charge is 1.82. The summed E-state index contributed by atoms with van der Waals surface area (Å²) in [5.41, 5.74) is 4.85. The van der Waals surface area contributed by atoms with Crippen molar-refractivity contribution in [2.75, 3.05) is 31.3 Å². The Labute approximate surface area is 111 Å². The summed E-state index contributed by atoms with van der Waals surface area (Å²) in [6.07, 6.45) is 0. The Morgan fingerprint density at radius 1 is 1.00 bits per heavy atom. The standard InChI is InChI=1S/C2H7N.2C2H4O2S.C2H6O2/c1-2-3;2*3-2(4)1-5;3-1-2-4/h2-3H2,1H3;2*5H,1H2,(H,3,4);3-4H,1-2H2. The number of carbonyl (C=O) groups is 2. The topological polar surface area (TPSA) is 141 Å². The maximum atomic E-state index is 9.29. The Morgan fingerprint density at radius 2 is 1.12 bits per heavy atom. The molecule has 0 saturated carbocycles. The third-order valence-electron chi connectivity index (χ3n) is 0.371. The van der Waals surface area contributed by atoms with Gasteiger partial charge in [-0.2, -0.15) is 25.3 Å². The molecule has 0 aliphatic rings. The van der Waals surface area contributed by atoms with E-state index in [1.807, 2.05) is 6.92 Å². The van der Waals surface area contributed by atoms with Crippen molar-refractivity contribution in [1.82, 2.24) is 0 Å². The molecule has 6 N–H and O–H groups in total. The van der Waals surface area contributed by atoms with Crippen molar-refractivity contribution in [3.05, 3.63) is 0 Å². The highest BCUT2D eigenvalue weighted by atomic mass is 32.1. The van der Waals surface area contributed by atoms with Crippen molar-refractivity contribution in [2.24, 2.45) is 5.73 Å². The Bertz CT molecular complexity index is 143. The molecule has 0 aromatic heterocycles. The van der Waals surface area contributed by atoms with Gasteiger partial charge in [-0.15, -0.1) is 0 Å². The molecule has 0 unspecified atom stereocenters. The molecule has 0 radical (unpaired) electrons. The van der Waals surface area contributed by atoms with Crippen LogP contribution in [0.1, 0.15) is 6.92 Å². The van der Waals surface area contributed by atoms with Crippen LogP contribution in [0, 0.1) is 0 Å². The Balaban J connectivity index is -0.0000000676. The summed E-state index contributed by atoms with van der Waals surface area (Å²) in [6, 6.07) is 0. The van der Waals surface area contributed by atoms with Gasteiger partial charge in [0.2, 0.25) is 0 Å². The second-order valence-corrected chi connectivity index (χ2v) is 2.59. The van der Waals surface area contributed by atoms with Crippen molar-refractivity contribution >= 4 is 37.2 Å². The summed E-state index contributed by atoms with van der Waals surface area (Å²) >= 11 is 6.83. The number of aliphatic hydroxyl groups excluding tert-OH is 2. The molecule has 0 atom stereocenters. The zero-order chi connectivity index (χ0) is 14.7. The lowest BCUT2D eigenvalue weighted by atomic mass is 10.8. The number of carboxylic acid groups (broad SMARTS) is 2. The first-order valence-corrected chi connectivity index (χ1v) is 5.71. The van der Waals surface area contributed by atoms with E-state index in [9.17, 15) is 9.59 Å². The second-order valence-electron chi connectivity index (χ2n) is 1.96. The maximum Gasteiger partial charge on any atom is 0.313 e. The van der Waals surface area contributed by atoms with Crippen LogP contribution in [-0.2, 0) is 9.59 Å². The van der Waals surface area contributed by atoms with Crippen molar-refractivity contribution in [2.45, 2.75) is 6.92 Å². The molecule has 0 bridgehead atoms. The molecule has 7 nitrogen and oxygen atoms in total. The Hall–Kier alpha value is -0.480. The molecule has 0 rings (SSSR count). The molecule has 0 aromatic carbocycles. The fourth-order valence-electron chi connectivity index (χ4n) is 0. The number of hydrogen-bond acceptors (Lipinski definition) is 7. The third kappa shape index (κ3) is 139. The van der Waals surface area contributed by atoms with E-state index in [1.54, 1.807) is 0 Å². The van der Waals surface area contributed by atoms with E-state index in [4.69, 9.17) is 26.2 Å². The van der Waals surface area contributed by atoms with Gasteiger partial charge in [-0.25, -0.2) is 0 Å². The minimum Gasteiger partial charge on any atom is -0.481 e. The summed E-state index contributed by atoms with van der Waals surface area (Å²) in [5, 5.41) is 30.5. The zero-order valence-electron chi connectivity index (χ0n) is 9.61. The number of rotatable bonds is 3. The molecular weight excluding hydrogens is 270 g/mol. The molecule has 17 heavy (non-hydrogen) atoms. The van der Waals surface area contributed by atoms with Crippen LogP contribution in [0.4, 0.5) is 0 Å². The quantitative estimate of drug-likeness (QED) is 0.329. The van der Waals surface area contributed by atoms with Crippen LogP contribution < -0.4 is 5.73 Å². The van der Waals surface area contributed by atoms with Gasteiger partial charge in [0.05, 0.1) is 24.7 Å². The summed E-state index contributed by atoms with van der Waals surface area (Å²) in [7, 11) is 0. The zero-order valence-corrected chi connectivity index (χ0v) is 11.4. The number of thiol groups is 2. The summed E-state index contributed by atoms with van der Waals surface area (Å²) in [6.45, 7) is 2.40. The Kier molecular flexibility index (Phi) is 44.1. The van der Waals surface area contributed by atoms with Gasteiger partial charge in [-0.3, -0.25) is 9.59 Å². The molecule has 0 aliphatic heterocycles. The van der Waals surface area contributed by atoms with Gasteiger partial charge in [0.25, 0.3) is 0 Å². The predicted octanol–water partition coefficient (Wildman–Crippen LogP) is -1.06. The van der Waals surface area contributed by atoms with E-state index >= 15 is 0 Å². The number of nitrogens with two attached hydrogens (primary N) is 1. The molecule has 0 aromatic rings. The molecule has 0 amide bonds. The summed E-state index contributed by atoms with van der Waals surface area (Å²) in [4.78, 5) is 18.6. The van der Waals surface area contributed by atoms with Gasteiger partial charge in [0, 0.05) is 0 Å². The van der Waals surface area contributed by atoms with Crippen molar-refractivity contribution < 1.29 is 30.0 Å². The van der Waals surface area contributed by atoms with E-state index in [0.29, 0.717) is 0 Å². The molecular formula is C8H21NO6S2. The van der Waals surface area contributed by atoms with E-state index in [0.717, 1.165) is 6.54 Å². The van der Waals surface area contributed by atoms with Crippen LogP contribution in [0.3, 0.4) is 0 Å². The molecule has 0 saturated heterocycles. The van der Waals surface area contributed by atoms with Crippen LogP contribution in [0.15, 0.2) is 0 Å². The molecule has 0 aliphatic carbocycles. The van der Waals surface area contributed by atoms with Crippen LogP contribution >= 0.6 is 25.3 Å². The average Bonchev–Trinajstić information content (AvgIpc) is 2.31. The van der Waals surface area contributed by atoms with E-state index < -0.39 is 11.9 Å². The lowest BCUT2D eigenvalue weighted by Crippen LogP contribution is -1.92. The molecule has 0 spiro atoms. The largest absolute Gasteiger partial charge is 0.481 e. The van der Waals surface area contributed by atoms with Crippen molar-refractivity contribution in [3.8, 4) is 0 Å². The normalized spacial score (nSPS) is 7.18. The summed E-state index contributed by atoms with van der Waals surface area (Å²) < 4.78 is 0. The fraction of sp³-hybridized carbons (Fsp3) is 0.750. The minimum absolute atomic E-state index is 0.0833. The summed E-state index contributed by atoms with van der Waals surface area (Å²) in [5.74, 6) is -1.93. The number of carboxylic acids is 2. The predicted molar refractivity (Wildman–Crippen MR) is 71.9 cm³/mol. The van der Waals surface area contributed by atoms with Crippen LogP contribution in [0.25, 0.3) is 0 Å². The highest BCUT2D eigenvalue weighted by molar-refractivity contribution is 7.81. The Morgan fingerprint density at radius 3 is 1.12 bits per heavy atom. The molecule has 106 valence electrons. The van der Waals surface area contributed by atoms with Gasteiger partial charge < -0.3 is 26.2 Å². The molecule has 0 fully saturated rings. The van der Waals surface area contributed by atoms with Gasteiger partial charge in [-0.05, 0) is 6.54 Å². The van der Waals surface area contributed by atoms with Gasteiger partial charge in [0.1, 0.15) is 0 Å². The molecule has 9 heteroatoms. The molecule has 0 heterocycles. The SMILES string of the molecule is CCN.O=C(O)CS.O=C(O)CS.OCCO. The number of aliphatic carboxylic acids is 2. The van der Waals surface area contributed by atoms with Crippen molar-refractivity contribution in [3.63, 3.8) is 0 Å². The van der Waals surface area contributed by atoms with E-state index in [1.165, 1.54) is 0 Å². The monoisotopic (exact) mass is 291 g/mol. The number of aliphatic hydroxyl groups is 2. The number of hydrogen-bond donors (Lipinski definition) is 7. The first-order chi connectivity index (χ1) is 7.87. The van der Waals surface area contributed by atoms with Gasteiger partial charge in [-0.1, -0.05) is 6.92 Å². The third-order valence-corrected chi connectivity index (χ3v) is 0.912. The van der Waals surface area contributed by atoms with Crippen molar-refractivity contribution in [1.29, 1.82) is 0 Å². The smallest absolute Gasteiger partial charge is 0.313 e. The first-order valence-electron chi connectivity index (χ1n) is 4.44. The van der Waals surface area contributed by atoms with E-state index in [2.05, 4.69) is 25.3 Å². The average molecular weight is 291 g/mol. The first kappa shape index (κ1) is 25.4. The lowest BCUT2D eigenvalue weighted by molar-refractivity contribution is -0.134. The van der Waals surface area contributed by atoms with E-state index in [-0.39, 0.29) is 24.7 Å². The highest BCUT2D eigenvalue weighted by Crippen LogP contribution is 1.66. The van der Waals surface area contributed by atoms with Crippen LogP contribution in [0.5, 0.6) is 0 Å². The lowest BCUT2D eigenvalue weighted by Gasteiger charge is -1.71. The second kappa shape index (κ2) is 29.6. The van der Waals surface area contributed by atoms with Crippen LogP contribution in [-0.4, -0.2) is 63.6 Å². The van der Waals surface area contributed by atoms with Crippen LogP contribution in [0.2, 0.25) is 0 Å². The van der Waals surface area contributed by atoms with Gasteiger partial charge in [0.15, 0.2) is 0 Å². The maximum absolute atomic E-state index is 9.29. The van der Waals surface area contributed by atoms with Gasteiger partial charge >= 0.3 is 11.9 Å². The minimum atomic E-state index is -0.881. The fourth-order valence-corrected chi connectivity index (χ4v) is 0.